The smallest absolute Gasteiger partial charge is 0.239 e. The molecule has 0 saturated heterocycles. The average molecular weight is 465 g/mol. The fourth-order valence-corrected chi connectivity index (χ4v) is 4.18. The molecule has 1 aliphatic rings. The van der Waals surface area contributed by atoms with E-state index in [1.165, 1.54) is 12.1 Å². The molecule has 6 heteroatoms. The van der Waals surface area contributed by atoms with E-state index in [0.29, 0.717) is 33.4 Å². The van der Waals surface area contributed by atoms with Crippen molar-refractivity contribution < 1.29 is 9.18 Å². The topological polar surface area (TPSA) is 20.3 Å². The molecule has 0 spiro atoms. The number of benzene rings is 3. The van der Waals surface area contributed by atoms with Crippen LogP contribution in [0.15, 0.2) is 65.1 Å². The van der Waals surface area contributed by atoms with Gasteiger partial charge in [-0.1, -0.05) is 51.3 Å². The summed E-state index contributed by atoms with van der Waals surface area (Å²) in [5.74, 6) is -0.972. The van der Waals surface area contributed by atoms with Crippen molar-refractivity contribution >= 4 is 56.4 Å². The predicted octanol–water partition coefficient (Wildman–Crippen LogP) is 6.90. The first-order valence-electron chi connectivity index (χ1n) is 8.26. The Morgan fingerprint density at radius 2 is 1.63 bits per heavy atom. The van der Waals surface area contributed by atoms with Gasteiger partial charge in [-0.3, -0.25) is 9.69 Å². The summed E-state index contributed by atoms with van der Waals surface area (Å²) in [6, 6.07) is 17.1. The molecule has 1 unspecified atom stereocenters. The van der Waals surface area contributed by atoms with Gasteiger partial charge in [-0.2, -0.15) is 0 Å². The van der Waals surface area contributed by atoms with E-state index in [9.17, 15) is 9.18 Å². The van der Waals surface area contributed by atoms with Crippen molar-refractivity contribution in [2.45, 2.75) is 12.3 Å². The number of halogens is 4. The van der Waals surface area contributed by atoms with Crippen LogP contribution in [-0.2, 0) is 11.2 Å². The molecule has 0 bridgehead atoms. The van der Waals surface area contributed by atoms with Crippen molar-refractivity contribution in [2.75, 3.05) is 4.90 Å². The zero-order valence-electron chi connectivity index (χ0n) is 13.9. The zero-order valence-corrected chi connectivity index (χ0v) is 17.0. The number of nitrogens with zero attached hydrogens (tertiary/aromatic N) is 1. The van der Waals surface area contributed by atoms with E-state index in [2.05, 4.69) is 15.9 Å². The highest BCUT2D eigenvalue weighted by Crippen LogP contribution is 2.44. The Morgan fingerprint density at radius 3 is 2.30 bits per heavy atom. The molecule has 0 N–H and O–H groups in total. The Bertz CT molecular complexity index is 1020. The van der Waals surface area contributed by atoms with Gasteiger partial charge in [-0.25, -0.2) is 4.39 Å². The Labute approximate surface area is 174 Å². The molecular formula is C21H13BrCl2FNO. The van der Waals surface area contributed by atoms with Gasteiger partial charge in [0, 0.05) is 14.5 Å². The van der Waals surface area contributed by atoms with Gasteiger partial charge in [0.25, 0.3) is 0 Å². The van der Waals surface area contributed by atoms with E-state index < -0.39 is 5.92 Å². The quantitative estimate of drug-likeness (QED) is 0.412. The van der Waals surface area contributed by atoms with Crippen LogP contribution in [0.1, 0.15) is 17.0 Å². The second-order valence-electron chi connectivity index (χ2n) is 6.39. The van der Waals surface area contributed by atoms with Gasteiger partial charge in [-0.05, 0) is 66.1 Å². The highest BCUT2D eigenvalue weighted by Gasteiger charge is 2.38. The molecular weight excluding hydrogens is 452 g/mol. The summed E-state index contributed by atoms with van der Waals surface area (Å²) < 4.78 is 14.9. The Balaban J connectivity index is 1.79. The average Bonchev–Trinajstić information content (AvgIpc) is 2.87. The highest BCUT2D eigenvalue weighted by atomic mass is 79.9. The van der Waals surface area contributed by atoms with E-state index >= 15 is 0 Å². The first-order valence-corrected chi connectivity index (χ1v) is 9.81. The van der Waals surface area contributed by atoms with Crippen molar-refractivity contribution in [1.82, 2.24) is 0 Å². The second-order valence-corrected chi connectivity index (χ2v) is 8.18. The maximum Gasteiger partial charge on any atom is 0.239 e. The monoisotopic (exact) mass is 463 g/mol. The Kier molecular flexibility index (Phi) is 4.97. The zero-order chi connectivity index (χ0) is 19.1. The van der Waals surface area contributed by atoms with Gasteiger partial charge in [-0.15, -0.1) is 0 Å². The standard InChI is InChI=1S/C21H13BrCl2FNO/c22-13-3-1-12(2-4-13)7-19-18-11-16(25)5-6-20(18)26(21(19)27)17-9-14(23)8-15(24)10-17/h1-6,8-11,19H,7H2. The maximum atomic E-state index is 13.9. The van der Waals surface area contributed by atoms with E-state index in [1.807, 2.05) is 24.3 Å². The van der Waals surface area contributed by atoms with Crippen LogP contribution in [0.4, 0.5) is 15.8 Å². The van der Waals surface area contributed by atoms with Crippen LogP contribution in [0.5, 0.6) is 0 Å². The van der Waals surface area contributed by atoms with E-state index in [0.717, 1.165) is 10.0 Å². The first kappa shape index (κ1) is 18.5. The van der Waals surface area contributed by atoms with Crippen molar-refractivity contribution in [3.05, 3.63) is 92.1 Å². The third-order valence-electron chi connectivity index (χ3n) is 4.58. The summed E-state index contributed by atoms with van der Waals surface area (Å²) in [5, 5.41) is 0.871. The molecule has 2 nitrogen and oxygen atoms in total. The third-order valence-corrected chi connectivity index (χ3v) is 5.55. The molecule has 4 rings (SSSR count). The lowest BCUT2D eigenvalue weighted by molar-refractivity contribution is -0.118. The first-order chi connectivity index (χ1) is 12.9. The van der Waals surface area contributed by atoms with Crippen LogP contribution in [0.3, 0.4) is 0 Å². The van der Waals surface area contributed by atoms with Crippen LogP contribution in [0.25, 0.3) is 0 Å². The summed E-state index contributed by atoms with van der Waals surface area (Å²) >= 11 is 15.7. The molecule has 136 valence electrons. The van der Waals surface area contributed by atoms with Crippen LogP contribution >= 0.6 is 39.1 Å². The summed E-state index contributed by atoms with van der Waals surface area (Å²) in [6.07, 6.45) is 0.480. The fraction of sp³-hybridized carbons (Fsp3) is 0.0952. The van der Waals surface area contributed by atoms with Crippen LogP contribution < -0.4 is 4.90 Å². The van der Waals surface area contributed by atoms with Gasteiger partial charge >= 0.3 is 0 Å². The number of fused-ring (bicyclic) bond motifs is 1. The Morgan fingerprint density at radius 1 is 0.963 bits per heavy atom. The summed E-state index contributed by atoms with van der Waals surface area (Å²) in [5.41, 5.74) is 2.89. The molecule has 27 heavy (non-hydrogen) atoms. The SMILES string of the molecule is O=C1C(Cc2ccc(Br)cc2)c2cc(F)ccc2N1c1cc(Cl)cc(Cl)c1. The fourth-order valence-electron chi connectivity index (χ4n) is 3.40. The van der Waals surface area contributed by atoms with Crippen molar-refractivity contribution in [2.24, 2.45) is 0 Å². The molecule has 0 saturated carbocycles. The summed E-state index contributed by atoms with van der Waals surface area (Å²) in [4.78, 5) is 14.8. The van der Waals surface area contributed by atoms with Crippen LogP contribution in [0, 0.1) is 5.82 Å². The van der Waals surface area contributed by atoms with Crippen LogP contribution in [-0.4, -0.2) is 5.91 Å². The lowest BCUT2D eigenvalue weighted by atomic mass is 9.93. The maximum absolute atomic E-state index is 13.9. The molecule has 3 aromatic rings. The third kappa shape index (κ3) is 3.62. The molecule has 1 amide bonds. The molecule has 1 heterocycles. The molecule has 0 aliphatic carbocycles. The molecule has 3 aromatic carbocycles. The summed E-state index contributed by atoms with van der Waals surface area (Å²) in [6.45, 7) is 0. The predicted molar refractivity (Wildman–Crippen MR) is 111 cm³/mol. The van der Waals surface area contributed by atoms with Crippen molar-refractivity contribution in [1.29, 1.82) is 0 Å². The minimum Gasteiger partial charge on any atom is -0.280 e. The van der Waals surface area contributed by atoms with E-state index in [-0.39, 0.29) is 11.7 Å². The van der Waals surface area contributed by atoms with Crippen molar-refractivity contribution in [3.8, 4) is 0 Å². The van der Waals surface area contributed by atoms with Gasteiger partial charge in [0.2, 0.25) is 5.91 Å². The minimum atomic E-state index is -0.477. The van der Waals surface area contributed by atoms with E-state index in [4.69, 9.17) is 23.2 Å². The normalized spacial score (nSPS) is 15.9. The molecule has 1 atom stereocenters. The number of anilines is 2. The highest BCUT2D eigenvalue weighted by molar-refractivity contribution is 9.10. The summed E-state index contributed by atoms with van der Waals surface area (Å²) in [7, 11) is 0. The molecule has 1 aliphatic heterocycles. The number of carbonyl (C=O) groups is 1. The van der Waals surface area contributed by atoms with Crippen LogP contribution in [0.2, 0.25) is 10.0 Å². The molecule has 0 fully saturated rings. The number of hydrogen-bond donors (Lipinski definition) is 0. The Hall–Kier alpha value is -1.88. The second kappa shape index (κ2) is 7.27. The number of carbonyl (C=O) groups excluding carboxylic acids is 1. The minimum absolute atomic E-state index is 0.128. The number of rotatable bonds is 3. The lowest BCUT2D eigenvalue weighted by Crippen LogP contribution is -2.24. The van der Waals surface area contributed by atoms with Gasteiger partial charge in [0.05, 0.1) is 17.3 Å². The largest absolute Gasteiger partial charge is 0.280 e. The van der Waals surface area contributed by atoms with Crippen molar-refractivity contribution in [3.63, 3.8) is 0 Å². The molecule has 0 radical (unpaired) electrons. The van der Waals surface area contributed by atoms with Gasteiger partial charge in [0.15, 0.2) is 0 Å². The van der Waals surface area contributed by atoms with Gasteiger partial charge in [0.1, 0.15) is 5.82 Å². The lowest BCUT2D eigenvalue weighted by Gasteiger charge is -2.19. The molecule has 0 aromatic heterocycles. The number of amides is 1. The number of hydrogen-bond acceptors (Lipinski definition) is 1. The van der Waals surface area contributed by atoms with E-state index in [1.54, 1.807) is 29.2 Å². The van der Waals surface area contributed by atoms with Gasteiger partial charge < -0.3 is 0 Å².